The number of alkyl halides is 3. The fourth-order valence-corrected chi connectivity index (χ4v) is 4.55. The zero-order valence-electron chi connectivity index (χ0n) is 17.9. The number of carbonyl (C=O) groups excluding carboxylic acids is 1. The zero-order valence-corrected chi connectivity index (χ0v) is 18.7. The van der Waals surface area contributed by atoms with Gasteiger partial charge in [-0.25, -0.2) is 22.9 Å². The van der Waals surface area contributed by atoms with Crippen molar-refractivity contribution in [2.75, 3.05) is 6.54 Å². The molecule has 0 bridgehead atoms. The largest absolute Gasteiger partial charge is 0.416 e. The summed E-state index contributed by atoms with van der Waals surface area (Å²) in [6, 6.07) is 19.6. The summed E-state index contributed by atoms with van der Waals surface area (Å²) in [6.45, 7) is 0.0354. The molecule has 1 atom stereocenters. The number of halogens is 3. The standard InChI is InChI=1S/C24H17F3N4O3S/c25-24(26,27)19-10-12-20(13-11-19)35(33,34)30-23(32)31-15-21(17-4-2-1-3-5-17)22(29-31)18-8-6-16(14-28)7-9-18/h1-13,21H,15H2,(H,30,32)/t21-/m1/s1. The van der Waals surface area contributed by atoms with Crippen LogP contribution in [0.15, 0.2) is 88.9 Å². The van der Waals surface area contributed by atoms with Crippen molar-refractivity contribution >= 4 is 21.8 Å². The van der Waals surface area contributed by atoms with Crippen LogP contribution in [-0.2, 0) is 16.2 Å². The van der Waals surface area contributed by atoms with E-state index in [1.807, 2.05) is 41.1 Å². The lowest BCUT2D eigenvalue weighted by Crippen LogP contribution is -2.39. The second kappa shape index (κ2) is 9.23. The number of nitrogens with one attached hydrogen (secondary N) is 1. The number of sulfonamides is 1. The third-order valence-corrected chi connectivity index (χ3v) is 6.71. The molecule has 1 aliphatic heterocycles. The third kappa shape index (κ3) is 5.17. The molecular formula is C24H17F3N4O3S. The molecule has 0 aromatic heterocycles. The van der Waals surface area contributed by atoms with Gasteiger partial charge in [0.2, 0.25) is 0 Å². The van der Waals surface area contributed by atoms with E-state index in [1.165, 1.54) is 0 Å². The van der Waals surface area contributed by atoms with Crippen LogP contribution in [-0.4, -0.2) is 31.7 Å². The van der Waals surface area contributed by atoms with E-state index in [-0.39, 0.29) is 12.5 Å². The smallest absolute Gasteiger partial charge is 0.246 e. The van der Waals surface area contributed by atoms with Crippen molar-refractivity contribution in [2.45, 2.75) is 17.0 Å². The average Bonchev–Trinajstić information content (AvgIpc) is 3.30. The van der Waals surface area contributed by atoms with Gasteiger partial charge in [0, 0.05) is 5.92 Å². The molecule has 178 valence electrons. The number of carbonyl (C=O) groups is 1. The van der Waals surface area contributed by atoms with Crippen LogP contribution >= 0.6 is 0 Å². The Bertz CT molecular complexity index is 1410. The van der Waals surface area contributed by atoms with E-state index < -0.39 is 32.7 Å². The lowest BCUT2D eigenvalue weighted by Gasteiger charge is -2.16. The molecule has 4 rings (SSSR count). The Hall–Kier alpha value is -4.17. The summed E-state index contributed by atoms with van der Waals surface area (Å²) in [5.74, 6) is -0.372. The number of rotatable bonds is 4. The minimum atomic E-state index is -4.62. The molecule has 35 heavy (non-hydrogen) atoms. The maximum absolute atomic E-state index is 12.8. The number of hydrogen-bond donors (Lipinski definition) is 1. The Balaban J connectivity index is 1.60. The van der Waals surface area contributed by atoms with E-state index in [9.17, 15) is 26.4 Å². The molecule has 1 N–H and O–H groups in total. The first-order valence-corrected chi connectivity index (χ1v) is 11.7. The summed E-state index contributed by atoms with van der Waals surface area (Å²) < 4.78 is 65.4. The van der Waals surface area contributed by atoms with E-state index in [1.54, 1.807) is 24.3 Å². The molecule has 0 saturated carbocycles. The number of amides is 2. The molecule has 2 amide bonds. The van der Waals surface area contributed by atoms with Crippen molar-refractivity contribution in [2.24, 2.45) is 5.10 Å². The van der Waals surface area contributed by atoms with Gasteiger partial charge in [-0.1, -0.05) is 42.5 Å². The van der Waals surface area contributed by atoms with E-state index in [4.69, 9.17) is 5.26 Å². The number of hydrogen-bond acceptors (Lipinski definition) is 5. The van der Waals surface area contributed by atoms with E-state index in [0.29, 0.717) is 29.0 Å². The Morgan fingerprint density at radius 3 is 2.20 bits per heavy atom. The third-order valence-electron chi connectivity index (χ3n) is 5.37. The summed E-state index contributed by atoms with van der Waals surface area (Å²) in [5, 5.41) is 14.3. The maximum atomic E-state index is 12.8. The van der Waals surface area contributed by atoms with Crippen LogP contribution in [0, 0.1) is 11.3 Å². The Morgan fingerprint density at radius 2 is 1.63 bits per heavy atom. The van der Waals surface area contributed by atoms with Gasteiger partial charge in [-0.3, -0.25) is 0 Å². The minimum absolute atomic E-state index is 0.0354. The predicted molar refractivity (Wildman–Crippen MR) is 121 cm³/mol. The first kappa shape index (κ1) is 24.0. The minimum Gasteiger partial charge on any atom is -0.246 e. The van der Waals surface area contributed by atoms with Gasteiger partial charge in [-0.15, -0.1) is 0 Å². The van der Waals surface area contributed by atoms with E-state index >= 15 is 0 Å². The highest BCUT2D eigenvalue weighted by molar-refractivity contribution is 7.90. The highest BCUT2D eigenvalue weighted by atomic mass is 32.2. The van der Waals surface area contributed by atoms with Gasteiger partial charge in [0.05, 0.1) is 34.3 Å². The number of hydrazone groups is 1. The summed E-state index contributed by atoms with van der Waals surface area (Å²) in [7, 11) is -4.45. The summed E-state index contributed by atoms with van der Waals surface area (Å²) in [6.07, 6.45) is -4.62. The molecule has 0 fully saturated rings. The maximum Gasteiger partial charge on any atom is 0.416 e. The van der Waals surface area contributed by atoms with Gasteiger partial charge in [0.25, 0.3) is 10.0 Å². The van der Waals surface area contributed by atoms with Crippen molar-refractivity contribution in [3.8, 4) is 6.07 Å². The highest BCUT2D eigenvalue weighted by Crippen LogP contribution is 2.31. The normalized spacial score (nSPS) is 15.9. The van der Waals surface area contributed by atoms with Gasteiger partial charge >= 0.3 is 12.2 Å². The fourth-order valence-electron chi connectivity index (χ4n) is 3.60. The molecule has 1 aliphatic rings. The lowest BCUT2D eigenvalue weighted by molar-refractivity contribution is -0.137. The van der Waals surface area contributed by atoms with Crippen LogP contribution in [0.25, 0.3) is 0 Å². The first-order chi connectivity index (χ1) is 16.6. The monoisotopic (exact) mass is 498 g/mol. The summed E-state index contributed by atoms with van der Waals surface area (Å²) >= 11 is 0. The highest BCUT2D eigenvalue weighted by Gasteiger charge is 2.34. The molecule has 3 aromatic rings. The lowest BCUT2D eigenvalue weighted by atomic mass is 9.90. The van der Waals surface area contributed by atoms with Gasteiger partial charge < -0.3 is 0 Å². The van der Waals surface area contributed by atoms with Crippen molar-refractivity contribution < 1.29 is 26.4 Å². The fraction of sp³-hybridized carbons (Fsp3) is 0.125. The van der Waals surface area contributed by atoms with E-state index in [2.05, 4.69) is 5.10 Å². The molecule has 3 aromatic carbocycles. The van der Waals surface area contributed by atoms with Gasteiger partial charge in [0.15, 0.2) is 0 Å². The van der Waals surface area contributed by atoms with Gasteiger partial charge in [0.1, 0.15) is 0 Å². The van der Waals surface area contributed by atoms with Crippen LogP contribution in [0.5, 0.6) is 0 Å². The Morgan fingerprint density at radius 1 is 1.00 bits per heavy atom. The van der Waals surface area contributed by atoms with Crippen LogP contribution in [0.2, 0.25) is 0 Å². The number of nitriles is 1. The molecule has 0 radical (unpaired) electrons. The molecule has 7 nitrogen and oxygen atoms in total. The molecule has 0 aliphatic carbocycles. The second-order valence-corrected chi connectivity index (χ2v) is 9.33. The quantitative estimate of drug-likeness (QED) is 0.573. The average molecular weight is 498 g/mol. The zero-order chi connectivity index (χ0) is 25.2. The number of urea groups is 1. The molecule has 1 heterocycles. The number of benzene rings is 3. The SMILES string of the molecule is N#Cc1ccc(C2=NN(C(=O)NS(=O)(=O)c3ccc(C(F)(F)F)cc3)C[C@@H]2c2ccccc2)cc1. The van der Waals surface area contributed by atoms with Crippen molar-refractivity contribution in [1.82, 2.24) is 9.73 Å². The first-order valence-electron chi connectivity index (χ1n) is 10.2. The van der Waals surface area contributed by atoms with Crippen LogP contribution in [0.4, 0.5) is 18.0 Å². The van der Waals surface area contributed by atoms with Crippen molar-refractivity contribution in [3.63, 3.8) is 0 Å². The predicted octanol–water partition coefficient (Wildman–Crippen LogP) is 4.48. The molecule has 0 unspecified atom stereocenters. The molecule has 0 spiro atoms. The van der Waals surface area contributed by atoms with Gasteiger partial charge in [-0.2, -0.15) is 23.5 Å². The van der Waals surface area contributed by atoms with Crippen LogP contribution in [0.3, 0.4) is 0 Å². The van der Waals surface area contributed by atoms with Gasteiger partial charge in [-0.05, 0) is 47.5 Å². The topological polar surface area (TPSA) is 103 Å². The molecular weight excluding hydrogens is 481 g/mol. The van der Waals surface area contributed by atoms with E-state index in [0.717, 1.165) is 22.7 Å². The van der Waals surface area contributed by atoms with Crippen LogP contribution < -0.4 is 4.72 Å². The molecule has 0 saturated heterocycles. The van der Waals surface area contributed by atoms with Crippen molar-refractivity contribution in [1.29, 1.82) is 5.26 Å². The van der Waals surface area contributed by atoms with Crippen LogP contribution in [0.1, 0.15) is 28.2 Å². The van der Waals surface area contributed by atoms with Crippen molar-refractivity contribution in [3.05, 3.63) is 101 Å². The molecule has 11 heteroatoms. The number of nitrogens with zero attached hydrogens (tertiary/aromatic N) is 3. The summed E-state index contributed by atoms with van der Waals surface area (Å²) in [4.78, 5) is 12.3. The Kier molecular flexibility index (Phi) is 6.32. The second-order valence-electron chi connectivity index (χ2n) is 7.65. The summed E-state index contributed by atoms with van der Waals surface area (Å²) in [5.41, 5.74) is 1.43. The Labute approximate surface area is 199 Å².